The second-order valence-corrected chi connectivity index (χ2v) is 5.04. The normalized spacial score (nSPS) is 29.1. The molecule has 0 amide bonds. The molecule has 2 aliphatic heterocycles. The van der Waals surface area contributed by atoms with Gasteiger partial charge < -0.3 is 10.4 Å². The molecular weight excluding hydrogens is 204 g/mol. The fraction of sp³-hybridized carbons (Fsp3) is 0.917. The number of nitrogens with one attached hydrogen (secondary N) is 1. The average molecular weight is 226 g/mol. The third-order valence-electron chi connectivity index (χ3n) is 3.84. The van der Waals surface area contributed by atoms with Crippen molar-refractivity contribution in [1.82, 2.24) is 10.2 Å². The molecule has 2 saturated heterocycles. The van der Waals surface area contributed by atoms with Crippen molar-refractivity contribution in [2.75, 3.05) is 19.6 Å². The van der Waals surface area contributed by atoms with Gasteiger partial charge >= 0.3 is 5.97 Å². The number of aliphatic carboxylic acids is 1. The third kappa shape index (κ3) is 3.19. The van der Waals surface area contributed by atoms with Crippen molar-refractivity contribution in [2.24, 2.45) is 5.92 Å². The minimum absolute atomic E-state index is 0.353. The second kappa shape index (κ2) is 5.64. The molecule has 2 N–H and O–H groups in total. The van der Waals surface area contributed by atoms with Gasteiger partial charge in [0.2, 0.25) is 0 Å². The van der Waals surface area contributed by atoms with Crippen molar-refractivity contribution in [3.05, 3.63) is 0 Å². The van der Waals surface area contributed by atoms with E-state index in [1.165, 1.54) is 19.3 Å². The molecule has 0 aliphatic carbocycles. The van der Waals surface area contributed by atoms with Crippen LogP contribution in [-0.2, 0) is 4.79 Å². The van der Waals surface area contributed by atoms with Crippen molar-refractivity contribution >= 4 is 5.97 Å². The topological polar surface area (TPSA) is 52.6 Å². The van der Waals surface area contributed by atoms with Crippen LogP contribution in [-0.4, -0.2) is 41.8 Å². The minimum Gasteiger partial charge on any atom is -0.481 e. The molecule has 1 atom stereocenters. The summed E-state index contributed by atoms with van der Waals surface area (Å²) in [4.78, 5) is 13.1. The number of piperidine rings is 2. The summed E-state index contributed by atoms with van der Waals surface area (Å²) in [5, 5.41) is 12.3. The quantitative estimate of drug-likeness (QED) is 0.761. The van der Waals surface area contributed by atoms with Gasteiger partial charge in [-0.15, -0.1) is 0 Å². The summed E-state index contributed by atoms with van der Waals surface area (Å²) in [6.07, 6.45) is 6.88. The number of carbonyl (C=O) groups is 1. The molecule has 1 unspecified atom stereocenters. The van der Waals surface area contributed by atoms with Crippen molar-refractivity contribution in [3.63, 3.8) is 0 Å². The number of rotatable bonds is 3. The summed E-state index contributed by atoms with van der Waals surface area (Å²) >= 11 is 0. The highest BCUT2D eigenvalue weighted by Crippen LogP contribution is 2.23. The Bertz CT molecular complexity index is 231. The largest absolute Gasteiger partial charge is 0.481 e. The number of carboxylic acids is 1. The lowest BCUT2D eigenvalue weighted by atomic mass is 9.93. The first-order chi connectivity index (χ1) is 7.75. The maximum absolute atomic E-state index is 10.6. The zero-order chi connectivity index (χ0) is 11.4. The summed E-state index contributed by atoms with van der Waals surface area (Å²) in [6.45, 7) is 3.27. The molecule has 4 heteroatoms. The van der Waals surface area contributed by atoms with E-state index in [9.17, 15) is 4.79 Å². The van der Waals surface area contributed by atoms with Crippen LogP contribution in [0.5, 0.6) is 0 Å². The van der Waals surface area contributed by atoms with Gasteiger partial charge in [-0.3, -0.25) is 9.69 Å². The van der Waals surface area contributed by atoms with Crippen LogP contribution in [0.15, 0.2) is 0 Å². The molecule has 0 radical (unpaired) electrons. The van der Waals surface area contributed by atoms with E-state index in [0.29, 0.717) is 18.5 Å². The second-order valence-electron chi connectivity index (χ2n) is 5.04. The zero-order valence-electron chi connectivity index (χ0n) is 9.82. The Morgan fingerprint density at radius 3 is 2.56 bits per heavy atom. The average Bonchev–Trinajstić information content (AvgIpc) is 2.30. The molecule has 2 aliphatic rings. The van der Waals surface area contributed by atoms with Gasteiger partial charge in [0.05, 0.1) is 6.17 Å². The molecule has 0 aromatic heterocycles. The molecule has 0 aromatic rings. The van der Waals surface area contributed by atoms with E-state index in [2.05, 4.69) is 10.2 Å². The first-order valence-corrected chi connectivity index (χ1v) is 6.45. The molecule has 0 aromatic carbocycles. The SMILES string of the molecule is O=C(O)CC1CCN(C2CCCCN2)CC1. The lowest BCUT2D eigenvalue weighted by Crippen LogP contribution is -2.51. The first kappa shape index (κ1) is 11.9. The van der Waals surface area contributed by atoms with Crippen LogP contribution < -0.4 is 5.32 Å². The highest BCUT2D eigenvalue weighted by atomic mass is 16.4. The summed E-state index contributed by atoms with van der Waals surface area (Å²) in [7, 11) is 0. The molecule has 2 rings (SSSR count). The predicted octanol–water partition coefficient (Wildman–Crippen LogP) is 1.27. The summed E-state index contributed by atoms with van der Waals surface area (Å²) in [5.74, 6) is -0.244. The van der Waals surface area contributed by atoms with Crippen LogP contribution >= 0.6 is 0 Å². The predicted molar refractivity (Wildman–Crippen MR) is 62.2 cm³/mol. The van der Waals surface area contributed by atoms with Crippen LogP contribution in [0.25, 0.3) is 0 Å². The number of hydrogen-bond acceptors (Lipinski definition) is 3. The van der Waals surface area contributed by atoms with Gasteiger partial charge in [0.25, 0.3) is 0 Å². The van der Waals surface area contributed by atoms with E-state index in [1.807, 2.05) is 0 Å². The van der Waals surface area contributed by atoms with Crippen LogP contribution in [0, 0.1) is 5.92 Å². The van der Waals surface area contributed by atoms with Crippen molar-refractivity contribution < 1.29 is 9.90 Å². The first-order valence-electron chi connectivity index (χ1n) is 6.45. The van der Waals surface area contributed by atoms with Gasteiger partial charge in [0, 0.05) is 6.42 Å². The van der Waals surface area contributed by atoms with E-state index < -0.39 is 5.97 Å². The Morgan fingerprint density at radius 2 is 2.00 bits per heavy atom. The number of nitrogens with zero attached hydrogens (tertiary/aromatic N) is 1. The van der Waals surface area contributed by atoms with Crippen molar-refractivity contribution in [3.8, 4) is 0 Å². The third-order valence-corrected chi connectivity index (χ3v) is 3.84. The van der Waals surface area contributed by atoms with Gasteiger partial charge in [-0.1, -0.05) is 0 Å². The molecule has 92 valence electrons. The molecule has 16 heavy (non-hydrogen) atoms. The lowest BCUT2D eigenvalue weighted by Gasteiger charge is -2.39. The molecule has 0 bridgehead atoms. The highest BCUT2D eigenvalue weighted by Gasteiger charge is 2.26. The van der Waals surface area contributed by atoms with E-state index in [-0.39, 0.29) is 0 Å². The van der Waals surface area contributed by atoms with Crippen LogP contribution in [0.1, 0.15) is 38.5 Å². The molecule has 2 fully saturated rings. The van der Waals surface area contributed by atoms with Gasteiger partial charge in [0.15, 0.2) is 0 Å². The number of hydrogen-bond donors (Lipinski definition) is 2. The smallest absolute Gasteiger partial charge is 0.303 e. The van der Waals surface area contributed by atoms with Crippen LogP contribution in [0.4, 0.5) is 0 Å². The number of likely N-dealkylation sites (tertiary alicyclic amines) is 1. The maximum Gasteiger partial charge on any atom is 0.303 e. The molecule has 0 spiro atoms. The van der Waals surface area contributed by atoms with Crippen LogP contribution in [0.2, 0.25) is 0 Å². The van der Waals surface area contributed by atoms with E-state index >= 15 is 0 Å². The van der Waals surface area contributed by atoms with Crippen LogP contribution in [0.3, 0.4) is 0 Å². The van der Waals surface area contributed by atoms with E-state index in [4.69, 9.17) is 5.11 Å². The fourth-order valence-electron chi connectivity index (χ4n) is 2.86. The molecule has 4 nitrogen and oxygen atoms in total. The molecule has 2 heterocycles. The Hall–Kier alpha value is -0.610. The maximum atomic E-state index is 10.6. The lowest BCUT2D eigenvalue weighted by molar-refractivity contribution is -0.138. The molecule has 0 saturated carbocycles. The van der Waals surface area contributed by atoms with Gasteiger partial charge in [0.1, 0.15) is 0 Å². The summed E-state index contributed by atoms with van der Waals surface area (Å²) in [6, 6.07) is 0. The Kier molecular flexibility index (Phi) is 4.18. The summed E-state index contributed by atoms with van der Waals surface area (Å²) < 4.78 is 0. The number of carboxylic acid groups (broad SMARTS) is 1. The van der Waals surface area contributed by atoms with Gasteiger partial charge in [-0.2, -0.15) is 0 Å². The van der Waals surface area contributed by atoms with E-state index in [0.717, 1.165) is 32.5 Å². The fourth-order valence-corrected chi connectivity index (χ4v) is 2.86. The molecular formula is C12H22N2O2. The van der Waals surface area contributed by atoms with E-state index in [1.54, 1.807) is 0 Å². The standard InChI is InChI=1S/C12H22N2O2/c15-12(16)9-10-4-7-14(8-5-10)11-3-1-2-6-13-11/h10-11,13H,1-9H2,(H,15,16). The Balaban J connectivity index is 1.73. The monoisotopic (exact) mass is 226 g/mol. The van der Waals surface area contributed by atoms with Gasteiger partial charge in [-0.25, -0.2) is 0 Å². The highest BCUT2D eigenvalue weighted by molar-refractivity contribution is 5.67. The van der Waals surface area contributed by atoms with Crippen molar-refractivity contribution in [2.45, 2.75) is 44.7 Å². The van der Waals surface area contributed by atoms with Gasteiger partial charge in [-0.05, 0) is 57.7 Å². The van der Waals surface area contributed by atoms with Crippen molar-refractivity contribution in [1.29, 1.82) is 0 Å². The zero-order valence-corrected chi connectivity index (χ0v) is 9.82. The minimum atomic E-state index is -0.644. The Labute approximate surface area is 97.0 Å². The Morgan fingerprint density at radius 1 is 1.25 bits per heavy atom. The summed E-state index contributed by atoms with van der Waals surface area (Å²) in [5.41, 5.74) is 0.